The molecule has 0 aliphatic carbocycles. The van der Waals surface area contributed by atoms with Gasteiger partial charge in [0, 0.05) is 22.8 Å². The van der Waals surface area contributed by atoms with Crippen molar-refractivity contribution in [2.75, 3.05) is 12.4 Å². The van der Waals surface area contributed by atoms with E-state index in [1.807, 2.05) is 45.0 Å². The molecule has 3 rings (SSSR count). The third-order valence-corrected chi connectivity index (χ3v) is 4.11. The standard InChI is InChI=1S/C21H25N3O3/c1-6-13-9-10-22-19(26-5)18(13)17-11-14-7-8-15(12-16(14)24-17)23-20(25)27-21(2,3)4/h7-12,24H,6H2,1-5H3,(H,23,25). The van der Waals surface area contributed by atoms with E-state index in [0.29, 0.717) is 11.6 Å². The summed E-state index contributed by atoms with van der Waals surface area (Å²) in [6.07, 6.45) is 2.15. The number of aromatic amines is 1. The Hall–Kier alpha value is -3.02. The minimum absolute atomic E-state index is 0.476. The molecule has 0 spiro atoms. The molecule has 142 valence electrons. The second-order valence-corrected chi connectivity index (χ2v) is 7.32. The highest BCUT2D eigenvalue weighted by molar-refractivity contribution is 5.93. The number of anilines is 1. The smallest absolute Gasteiger partial charge is 0.412 e. The number of carbonyl (C=O) groups is 1. The fourth-order valence-electron chi connectivity index (χ4n) is 2.98. The van der Waals surface area contributed by atoms with Crippen LogP contribution in [-0.2, 0) is 11.2 Å². The van der Waals surface area contributed by atoms with Crippen LogP contribution in [0.5, 0.6) is 5.88 Å². The summed E-state index contributed by atoms with van der Waals surface area (Å²) in [4.78, 5) is 19.7. The Morgan fingerprint density at radius 1 is 1.22 bits per heavy atom. The Bertz CT molecular complexity index is 948. The summed E-state index contributed by atoms with van der Waals surface area (Å²) in [6.45, 7) is 7.60. The highest BCUT2D eigenvalue weighted by Gasteiger charge is 2.17. The van der Waals surface area contributed by atoms with Gasteiger partial charge in [0.15, 0.2) is 0 Å². The van der Waals surface area contributed by atoms with Gasteiger partial charge in [-0.15, -0.1) is 0 Å². The Labute approximate surface area is 158 Å². The monoisotopic (exact) mass is 367 g/mol. The number of nitrogens with one attached hydrogen (secondary N) is 2. The number of fused-ring (bicyclic) bond motifs is 1. The van der Waals surface area contributed by atoms with Gasteiger partial charge < -0.3 is 14.5 Å². The summed E-state index contributed by atoms with van der Waals surface area (Å²) in [5, 5.41) is 3.80. The van der Waals surface area contributed by atoms with Crippen LogP contribution in [0.2, 0.25) is 0 Å². The van der Waals surface area contributed by atoms with Crippen molar-refractivity contribution < 1.29 is 14.3 Å². The van der Waals surface area contributed by atoms with Gasteiger partial charge >= 0.3 is 6.09 Å². The van der Waals surface area contributed by atoms with E-state index in [1.165, 1.54) is 0 Å². The molecule has 1 amide bonds. The highest BCUT2D eigenvalue weighted by Crippen LogP contribution is 2.34. The molecule has 0 saturated heterocycles. The zero-order valence-electron chi connectivity index (χ0n) is 16.3. The number of pyridine rings is 1. The molecule has 0 unspecified atom stereocenters. The van der Waals surface area contributed by atoms with Gasteiger partial charge in [-0.3, -0.25) is 5.32 Å². The quantitative estimate of drug-likeness (QED) is 0.669. The summed E-state index contributed by atoms with van der Waals surface area (Å²) in [5.74, 6) is 0.591. The van der Waals surface area contributed by atoms with Crippen LogP contribution in [0.4, 0.5) is 10.5 Å². The number of aryl methyl sites for hydroxylation is 1. The number of amides is 1. The first-order valence-electron chi connectivity index (χ1n) is 8.95. The summed E-state index contributed by atoms with van der Waals surface area (Å²) < 4.78 is 10.8. The van der Waals surface area contributed by atoms with Crippen LogP contribution in [0, 0.1) is 0 Å². The molecule has 0 aliphatic heterocycles. The molecule has 27 heavy (non-hydrogen) atoms. The van der Waals surface area contributed by atoms with Gasteiger partial charge in [0.1, 0.15) is 5.60 Å². The number of carbonyl (C=O) groups excluding carboxylic acids is 1. The van der Waals surface area contributed by atoms with Crippen LogP contribution in [-0.4, -0.2) is 28.8 Å². The van der Waals surface area contributed by atoms with Crippen LogP contribution in [0.1, 0.15) is 33.3 Å². The van der Waals surface area contributed by atoms with Crippen molar-refractivity contribution in [2.45, 2.75) is 39.7 Å². The average molecular weight is 367 g/mol. The Kier molecular flexibility index (Phi) is 5.08. The van der Waals surface area contributed by atoms with Crippen LogP contribution in [0.3, 0.4) is 0 Å². The zero-order valence-corrected chi connectivity index (χ0v) is 16.3. The second-order valence-electron chi connectivity index (χ2n) is 7.32. The van der Waals surface area contributed by atoms with Crippen molar-refractivity contribution in [1.29, 1.82) is 0 Å². The summed E-state index contributed by atoms with van der Waals surface area (Å²) in [5.41, 5.74) is 4.08. The number of nitrogens with zero attached hydrogens (tertiary/aromatic N) is 1. The lowest BCUT2D eigenvalue weighted by atomic mass is 10.0. The van der Waals surface area contributed by atoms with E-state index in [-0.39, 0.29) is 0 Å². The van der Waals surface area contributed by atoms with Gasteiger partial charge in [-0.05, 0) is 57.0 Å². The minimum atomic E-state index is -0.540. The Morgan fingerprint density at radius 3 is 2.67 bits per heavy atom. The van der Waals surface area contributed by atoms with Crippen molar-refractivity contribution >= 4 is 22.7 Å². The molecular formula is C21H25N3O3. The topological polar surface area (TPSA) is 76.2 Å². The first kappa shape index (κ1) is 18.8. The number of aromatic nitrogens is 2. The van der Waals surface area contributed by atoms with Crippen molar-refractivity contribution in [2.24, 2.45) is 0 Å². The Balaban J connectivity index is 1.95. The number of rotatable bonds is 4. The maximum Gasteiger partial charge on any atom is 0.412 e. The lowest BCUT2D eigenvalue weighted by molar-refractivity contribution is 0.0636. The predicted octanol–water partition coefficient (Wildman–Crippen LogP) is 5.15. The van der Waals surface area contributed by atoms with Crippen LogP contribution < -0.4 is 10.1 Å². The van der Waals surface area contributed by atoms with Gasteiger partial charge in [0.25, 0.3) is 0 Å². The first-order chi connectivity index (χ1) is 12.8. The minimum Gasteiger partial charge on any atom is -0.480 e. The van der Waals surface area contributed by atoms with E-state index in [1.54, 1.807) is 13.3 Å². The molecule has 2 aromatic heterocycles. The first-order valence-corrected chi connectivity index (χ1v) is 8.95. The van der Waals surface area contributed by atoms with E-state index in [9.17, 15) is 4.79 Å². The molecular weight excluding hydrogens is 342 g/mol. The number of hydrogen-bond donors (Lipinski definition) is 2. The average Bonchev–Trinajstić information content (AvgIpc) is 3.02. The van der Waals surface area contributed by atoms with Crippen molar-refractivity contribution in [3.63, 3.8) is 0 Å². The number of ether oxygens (including phenoxy) is 2. The molecule has 0 fully saturated rings. The molecule has 0 atom stereocenters. The lowest BCUT2D eigenvalue weighted by Gasteiger charge is -2.19. The molecule has 6 nitrogen and oxygen atoms in total. The van der Waals surface area contributed by atoms with Crippen molar-refractivity contribution in [3.05, 3.63) is 42.1 Å². The molecule has 0 radical (unpaired) electrons. The van der Waals surface area contributed by atoms with E-state index < -0.39 is 11.7 Å². The van der Waals surface area contributed by atoms with Gasteiger partial charge in [0.2, 0.25) is 5.88 Å². The van der Waals surface area contributed by atoms with E-state index in [4.69, 9.17) is 9.47 Å². The molecule has 0 saturated carbocycles. The fraction of sp³-hybridized carbons (Fsp3) is 0.333. The van der Waals surface area contributed by atoms with Crippen LogP contribution >= 0.6 is 0 Å². The van der Waals surface area contributed by atoms with E-state index in [0.717, 1.165) is 34.1 Å². The number of hydrogen-bond acceptors (Lipinski definition) is 4. The Morgan fingerprint density at radius 2 is 2.00 bits per heavy atom. The third kappa shape index (κ3) is 4.22. The van der Waals surface area contributed by atoms with E-state index in [2.05, 4.69) is 28.3 Å². The van der Waals surface area contributed by atoms with Crippen LogP contribution in [0.15, 0.2) is 36.5 Å². The number of benzene rings is 1. The van der Waals surface area contributed by atoms with Gasteiger partial charge in [-0.2, -0.15) is 0 Å². The number of H-pyrrole nitrogens is 1. The summed E-state index contributed by atoms with van der Waals surface area (Å²) >= 11 is 0. The molecule has 1 aromatic carbocycles. The molecule has 6 heteroatoms. The van der Waals surface area contributed by atoms with Gasteiger partial charge in [-0.25, -0.2) is 9.78 Å². The fourth-order valence-corrected chi connectivity index (χ4v) is 2.98. The van der Waals surface area contributed by atoms with Crippen molar-refractivity contribution in [1.82, 2.24) is 9.97 Å². The largest absolute Gasteiger partial charge is 0.480 e. The lowest BCUT2D eigenvalue weighted by Crippen LogP contribution is -2.27. The van der Waals surface area contributed by atoms with Gasteiger partial charge in [0.05, 0.1) is 18.4 Å². The zero-order chi connectivity index (χ0) is 19.6. The molecule has 2 N–H and O–H groups in total. The van der Waals surface area contributed by atoms with Crippen LogP contribution in [0.25, 0.3) is 22.2 Å². The number of methoxy groups -OCH3 is 1. The maximum absolute atomic E-state index is 12.0. The molecule has 3 aromatic rings. The van der Waals surface area contributed by atoms with E-state index >= 15 is 0 Å². The summed E-state index contributed by atoms with van der Waals surface area (Å²) in [6, 6.07) is 9.75. The highest BCUT2D eigenvalue weighted by atomic mass is 16.6. The predicted molar refractivity (Wildman–Crippen MR) is 107 cm³/mol. The normalized spacial score (nSPS) is 11.4. The molecule has 2 heterocycles. The molecule has 0 aliphatic rings. The molecule has 0 bridgehead atoms. The van der Waals surface area contributed by atoms with Crippen molar-refractivity contribution in [3.8, 4) is 17.1 Å². The van der Waals surface area contributed by atoms with Gasteiger partial charge in [-0.1, -0.05) is 13.0 Å². The summed E-state index contributed by atoms with van der Waals surface area (Å²) in [7, 11) is 1.62. The maximum atomic E-state index is 12.0. The SMILES string of the molecule is CCc1ccnc(OC)c1-c1cc2ccc(NC(=O)OC(C)(C)C)cc2[nH]1. The third-order valence-electron chi connectivity index (χ3n) is 4.11. The second kappa shape index (κ2) is 7.31.